The van der Waals surface area contributed by atoms with Gasteiger partial charge in [-0.25, -0.2) is 0 Å². The molecule has 18 heavy (non-hydrogen) atoms. The van der Waals surface area contributed by atoms with Crippen LogP contribution in [0.2, 0.25) is 10.0 Å². The summed E-state index contributed by atoms with van der Waals surface area (Å²) in [6.45, 7) is 0. The molecule has 1 rings (SSSR count). The van der Waals surface area contributed by atoms with Gasteiger partial charge in [-0.2, -0.15) is 22.0 Å². The highest BCUT2D eigenvalue weighted by molar-refractivity contribution is 6.36. The average Bonchev–Trinajstić information content (AvgIpc) is 2.21. The fourth-order valence-corrected chi connectivity index (χ4v) is 1.66. The van der Waals surface area contributed by atoms with E-state index in [9.17, 15) is 26.7 Å². The topological polar surface area (TPSA) is 17.1 Å². The molecule has 0 aliphatic heterocycles. The number of hydrogen-bond donors (Lipinski definition) is 0. The number of halogens is 7. The Morgan fingerprint density at radius 1 is 1.06 bits per heavy atom. The van der Waals surface area contributed by atoms with Crippen LogP contribution in [0.4, 0.5) is 22.0 Å². The number of carbonyl (C=O) groups excluding carboxylic acids is 1. The monoisotopic (exact) mass is 306 g/mol. The molecule has 0 saturated heterocycles. The molecule has 0 aromatic heterocycles. The van der Waals surface area contributed by atoms with Crippen LogP contribution < -0.4 is 0 Å². The molecule has 1 aromatic carbocycles. The summed E-state index contributed by atoms with van der Waals surface area (Å²) < 4.78 is 61.3. The van der Waals surface area contributed by atoms with Crippen LogP contribution in [0.15, 0.2) is 18.2 Å². The second-order valence-electron chi connectivity index (χ2n) is 3.37. The molecule has 0 unspecified atom stereocenters. The molecular weight excluding hydrogens is 302 g/mol. The van der Waals surface area contributed by atoms with Gasteiger partial charge in [-0.1, -0.05) is 29.3 Å². The smallest absolute Gasteiger partial charge is 0.292 e. The Balaban J connectivity index is 3.03. The summed E-state index contributed by atoms with van der Waals surface area (Å²) in [5.41, 5.74) is -0.255. The van der Waals surface area contributed by atoms with Crippen molar-refractivity contribution in [3.8, 4) is 0 Å². The number of Topliss-reactive ketones (excluding diaryl/α,β-unsaturated/α-hetero) is 1. The summed E-state index contributed by atoms with van der Waals surface area (Å²) in [6, 6.07) is 3.85. The van der Waals surface area contributed by atoms with Gasteiger partial charge in [-0.05, 0) is 17.7 Å². The Kier molecular flexibility index (Phi) is 4.23. The van der Waals surface area contributed by atoms with Gasteiger partial charge < -0.3 is 0 Å². The fourth-order valence-electron chi connectivity index (χ4n) is 1.13. The molecule has 0 radical (unpaired) electrons. The third-order valence-electron chi connectivity index (χ3n) is 2.11. The zero-order valence-corrected chi connectivity index (χ0v) is 10.0. The molecule has 1 nitrogen and oxygen atoms in total. The maximum Gasteiger partial charge on any atom is 0.461 e. The van der Waals surface area contributed by atoms with Gasteiger partial charge in [0.25, 0.3) is 0 Å². The number of rotatable bonds is 3. The largest absolute Gasteiger partial charge is 0.461 e. The molecule has 0 bridgehead atoms. The lowest BCUT2D eigenvalue weighted by molar-refractivity contribution is -0.268. The zero-order valence-electron chi connectivity index (χ0n) is 8.49. The quantitative estimate of drug-likeness (QED) is 0.761. The molecular formula is C10H5Cl2F5O. The van der Waals surface area contributed by atoms with E-state index in [0.717, 1.165) is 0 Å². The standard InChI is InChI=1S/C10H5Cl2F5O/c11-6-2-1-3-7(12)5(6)4-8(18)9(13,14)10(15,16)17/h1-3H,4H2. The van der Waals surface area contributed by atoms with Gasteiger partial charge in [0.05, 0.1) is 0 Å². The molecule has 0 saturated carbocycles. The van der Waals surface area contributed by atoms with Crippen molar-refractivity contribution in [3.05, 3.63) is 33.8 Å². The number of hydrogen-bond acceptors (Lipinski definition) is 1. The van der Waals surface area contributed by atoms with Gasteiger partial charge in [-0.3, -0.25) is 4.79 Å². The first-order valence-electron chi connectivity index (χ1n) is 4.48. The molecule has 0 N–H and O–H groups in total. The minimum atomic E-state index is -5.93. The van der Waals surface area contributed by atoms with Gasteiger partial charge in [0, 0.05) is 16.5 Å². The Hall–Kier alpha value is -0.880. The summed E-state index contributed by atoms with van der Waals surface area (Å²) in [5.74, 6) is -7.72. The maximum atomic E-state index is 12.7. The molecule has 0 aliphatic rings. The van der Waals surface area contributed by atoms with Gasteiger partial charge in [-0.15, -0.1) is 0 Å². The van der Waals surface area contributed by atoms with Gasteiger partial charge in [0.1, 0.15) is 0 Å². The van der Waals surface area contributed by atoms with Crippen LogP contribution in [0.3, 0.4) is 0 Å². The lowest BCUT2D eigenvalue weighted by Crippen LogP contribution is -2.44. The first kappa shape index (κ1) is 15.2. The van der Waals surface area contributed by atoms with Crippen molar-refractivity contribution < 1.29 is 26.7 Å². The lowest BCUT2D eigenvalue weighted by atomic mass is 10.0. The molecule has 0 atom stereocenters. The third-order valence-corrected chi connectivity index (χ3v) is 2.81. The Morgan fingerprint density at radius 3 is 1.89 bits per heavy atom. The number of benzene rings is 1. The van der Waals surface area contributed by atoms with Crippen LogP contribution in [0, 0.1) is 0 Å². The van der Waals surface area contributed by atoms with Crippen LogP contribution in [-0.4, -0.2) is 17.9 Å². The highest BCUT2D eigenvalue weighted by Gasteiger charge is 2.62. The highest BCUT2D eigenvalue weighted by Crippen LogP contribution is 2.38. The van der Waals surface area contributed by atoms with Crippen molar-refractivity contribution in [3.63, 3.8) is 0 Å². The van der Waals surface area contributed by atoms with Crippen LogP contribution >= 0.6 is 23.2 Å². The molecule has 100 valence electrons. The Labute approximate surface area is 108 Å². The van der Waals surface area contributed by atoms with Crippen molar-refractivity contribution in [1.82, 2.24) is 0 Å². The minimum Gasteiger partial charge on any atom is -0.292 e. The zero-order chi connectivity index (χ0) is 14.1. The molecule has 0 fully saturated rings. The summed E-state index contributed by atoms with van der Waals surface area (Å²) in [4.78, 5) is 11.0. The summed E-state index contributed by atoms with van der Waals surface area (Å²) in [7, 11) is 0. The van der Waals surface area contributed by atoms with Crippen molar-refractivity contribution >= 4 is 29.0 Å². The first-order valence-corrected chi connectivity index (χ1v) is 5.23. The van der Waals surface area contributed by atoms with Crippen LogP contribution in [0.1, 0.15) is 5.56 Å². The summed E-state index contributed by atoms with van der Waals surface area (Å²) in [6.07, 6.45) is -7.12. The summed E-state index contributed by atoms with van der Waals surface area (Å²) >= 11 is 11.2. The van der Waals surface area contributed by atoms with Crippen LogP contribution in [0.5, 0.6) is 0 Å². The van der Waals surface area contributed by atoms with Crippen molar-refractivity contribution in [2.75, 3.05) is 0 Å². The van der Waals surface area contributed by atoms with E-state index in [2.05, 4.69) is 0 Å². The van der Waals surface area contributed by atoms with E-state index in [1.807, 2.05) is 0 Å². The Morgan fingerprint density at radius 2 is 1.50 bits per heavy atom. The van der Waals surface area contributed by atoms with Crippen molar-refractivity contribution in [1.29, 1.82) is 0 Å². The minimum absolute atomic E-state index is 0.145. The van der Waals surface area contributed by atoms with E-state index in [1.54, 1.807) is 0 Å². The third kappa shape index (κ3) is 2.92. The molecule has 0 spiro atoms. The SMILES string of the molecule is O=C(Cc1c(Cl)cccc1Cl)C(F)(F)C(F)(F)F. The highest BCUT2D eigenvalue weighted by atomic mass is 35.5. The van der Waals surface area contributed by atoms with E-state index in [0.29, 0.717) is 0 Å². The van der Waals surface area contributed by atoms with Gasteiger partial charge in [0.2, 0.25) is 5.78 Å². The van der Waals surface area contributed by atoms with E-state index in [-0.39, 0.29) is 15.6 Å². The Bertz CT molecular complexity index is 450. The molecule has 8 heteroatoms. The normalized spacial score (nSPS) is 12.6. The van der Waals surface area contributed by atoms with Crippen LogP contribution in [-0.2, 0) is 11.2 Å². The van der Waals surface area contributed by atoms with E-state index in [1.165, 1.54) is 18.2 Å². The lowest BCUT2D eigenvalue weighted by Gasteiger charge is -2.18. The van der Waals surface area contributed by atoms with Gasteiger partial charge in [0.15, 0.2) is 0 Å². The molecule has 0 aliphatic carbocycles. The fraction of sp³-hybridized carbons (Fsp3) is 0.300. The van der Waals surface area contributed by atoms with Crippen molar-refractivity contribution in [2.24, 2.45) is 0 Å². The number of carbonyl (C=O) groups is 1. The maximum absolute atomic E-state index is 12.7. The van der Waals surface area contributed by atoms with Gasteiger partial charge >= 0.3 is 12.1 Å². The molecule has 0 heterocycles. The van der Waals surface area contributed by atoms with E-state index >= 15 is 0 Å². The second kappa shape index (κ2) is 5.01. The number of alkyl halides is 5. The first-order chi connectivity index (χ1) is 8.07. The predicted molar refractivity (Wildman–Crippen MR) is 56.2 cm³/mol. The van der Waals surface area contributed by atoms with Crippen LogP contribution in [0.25, 0.3) is 0 Å². The average molecular weight is 307 g/mol. The van der Waals surface area contributed by atoms with E-state index < -0.39 is 24.3 Å². The molecule has 0 amide bonds. The molecule has 1 aromatic rings. The van der Waals surface area contributed by atoms with E-state index in [4.69, 9.17) is 23.2 Å². The second-order valence-corrected chi connectivity index (χ2v) is 4.19. The number of ketones is 1. The van der Waals surface area contributed by atoms with Crippen molar-refractivity contribution in [2.45, 2.75) is 18.5 Å². The summed E-state index contributed by atoms with van der Waals surface area (Å²) in [5, 5.41) is -0.289. The predicted octanol–water partition coefficient (Wildman–Crippen LogP) is 4.30.